The van der Waals surface area contributed by atoms with Crippen LogP contribution in [0.5, 0.6) is 0 Å². The van der Waals surface area contributed by atoms with Gasteiger partial charge in [0.05, 0.1) is 11.6 Å². The van der Waals surface area contributed by atoms with E-state index in [1.165, 1.54) is 0 Å². The molecule has 0 unspecified atom stereocenters. The van der Waals surface area contributed by atoms with Gasteiger partial charge < -0.3 is 10.0 Å². The van der Waals surface area contributed by atoms with E-state index in [1.807, 2.05) is 25.2 Å². The molecule has 0 fully saturated rings. The summed E-state index contributed by atoms with van der Waals surface area (Å²) in [6.45, 7) is 1.19. The highest BCUT2D eigenvalue weighted by Crippen LogP contribution is 2.22. The average Bonchev–Trinajstić information content (AvgIpc) is 2.33. The minimum absolute atomic E-state index is 0.263. The highest BCUT2D eigenvalue weighted by atomic mass is 79.9. The van der Waals surface area contributed by atoms with Crippen LogP contribution in [0.3, 0.4) is 0 Å². The van der Waals surface area contributed by atoms with Crippen LogP contribution in [-0.2, 0) is 0 Å². The van der Waals surface area contributed by atoms with Gasteiger partial charge in [-0.2, -0.15) is 5.26 Å². The number of unbranched alkanes of at least 4 members (excludes halogenated alkanes) is 2. The van der Waals surface area contributed by atoms with Gasteiger partial charge in [0, 0.05) is 30.4 Å². The second-order valence-corrected chi connectivity index (χ2v) is 4.93. The van der Waals surface area contributed by atoms with E-state index in [0.717, 1.165) is 36.0 Å². The van der Waals surface area contributed by atoms with Crippen molar-refractivity contribution in [1.82, 2.24) is 0 Å². The molecule has 0 amide bonds. The van der Waals surface area contributed by atoms with Gasteiger partial charge in [-0.1, -0.05) is 15.9 Å². The number of hydrogen-bond donors (Lipinski definition) is 1. The van der Waals surface area contributed by atoms with Gasteiger partial charge in [0.2, 0.25) is 0 Å². The standard InChI is InChI=1S/C13H17BrN2O/c1-16(5-3-2-4-6-17)13-8-11(10-15)7-12(14)9-13/h7-9,17H,2-6H2,1H3. The van der Waals surface area contributed by atoms with Crippen LogP contribution in [0, 0.1) is 11.3 Å². The minimum atomic E-state index is 0.263. The number of anilines is 1. The lowest BCUT2D eigenvalue weighted by Crippen LogP contribution is -2.18. The molecule has 1 rings (SSSR count). The van der Waals surface area contributed by atoms with Crippen molar-refractivity contribution in [3.63, 3.8) is 0 Å². The van der Waals surface area contributed by atoms with Crippen LogP contribution in [-0.4, -0.2) is 25.3 Å². The summed E-state index contributed by atoms with van der Waals surface area (Å²) in [4.78, 5) is 2.13. The van der Waals surface area contributed by atoms with Crippen LogP contribution in [0.15, 0.2) is 22.7 Å². The molecule has 1 aromatic rings. The molecule has 0 aliphatic rings. The third-order valence-electron chi connectivity index (χ3n) is 2.60. The summed E-state index contributed by atoms with van der Waals surface area (Å²) < 4.78 is 0.925. The Bertz CT molecular complexity index is 401. The van der Waals surface area contributed by atoms with E-state index in [0.29, 0.717) is 5.56 Å². The van der Waals surface area contributed by atoms with Crippen molar-refractivity contribution in [3.8, 4) is 6.07 Å². The number of benzene rings is 1. The summed E-state index contributed by atoms with van der Waals surface area (Å²) in [5.41, 5.74) is 1.71. The summed E-state index contributed by atoms with van der Waals surface area (Å²) in [7, 11) is 2.02. The normalized spacial score (nSPS) is 10.0. The number of aliphatic hydroxyl groups excluding tert-OH is 1. The summed E-state index contributed by atoms with van der Waals surface area (Å²) in [6.07, 6.45) is 2.93. The number of nitriles is 1. The van der Waals surface area contributed by atoms with E-state index in [-0.39, 0.29) is 6.61 Å². The Morgan fingerprint density at radius 2 is 2.06 bits per heavy atom. The quantitative estimate of drug-likeness (QED) is 0.821. The van der Waals surface area contributed by atoms with E-state index >= 15 is 0 Å². The lowest BCUT2D eigenvalue weighted by atomic mass is 10.2. The molecule has 0 spiro atoms. The number of halogens is 1. The van der Waals surface area contributed by atoms with Crippen molar-refractivity contribution >= 4 is 21.6 Å². The lowest BCUT2D eigenvalue weighted by molar-refractivity contribution is 0.283. The van der Waals surface area contributed by atoms with E-state index < -0.39 is 0 Å². The molecular weight excluding hydrogens is 280 g/mol. The second kappa shape index (κ2) is 7.31. The average molecular weight is 297 g/mol. The molecule has 1 aromatic carbocycles. The predicted molar refractivity (Wildman–Crippen MR) is 73.1 cm³/mol. The smallest absolute Gasteiger partial charge is 0.0992 e. The molecule has 17 heavy (non-hydrogen) atoms. The molecule has 0 heterocycles. The van der Waals surface area contributed by atoms with Gasteiger partial charge in [-0.15, -0.1) is 0 Å². The number of nitrogens with zero attached hydrogens (tertiary/aromatic N) is 2. The Morgan fingerprint density at radius 1 is 1.29 bits per heavy atom. The molecule has 0 radical (unpaired) electrons. The topological polar surface area (TPSA) is 47.3 Å². The molecule has 0 saturated heterocycles. The van der Waals surface area contributed by atoms with Gasteiger partial charge in [-0.05, 0) is 37.5 Å². The fraction of sp³-hybridized carbons (Fsp3) is 0.462. The van der Waals surface area contributed by atoms with Crippen LogP contribution < -0.4 is 4.90 Å². The fourth-order valence-corrected chi connectivity index (χ4v) is 2.11. The molecule has 1 N–H and O–H groups in total. The van der Waals surface area contributed by atoms with E-state index in [1.54, 1.807) is 0 Å². The van der Waals surface area contributed by atoms with Gasteiger partial charge >= 0.3 is 0 Å². The van der Waals surface area contributed by atoms with Crippen LogP contribution in [0.4, 0.5) is 5.69 Å². The third-order valence-corrected chi connectivity index (χ3v) is 3.06. The Labute approximate surface area is 111 Å². The second-order valence-electron chi connectivity index (χ2n) is 4.02. The van der Waals surface area contributed by atoms with E-state index in [2.05, 4.69) is 26.9 Å². The minimum Gasteiger partial charge on any atom is -0.396 e. The van der Waals surface area contributed by atoms with Gasteiger partial charge in [0.25, 0.3) is 0 Å². The first-order chi connectivity index (χ1) is 8.17. The molecule has 0 bridgehead atoms. The Hall–Kier alpha value is -1.05. The summed E-state index contributed by atoms with van der Waals surface area (Å²) in [5, 5.41) is 17.6. The van der Waals surface area contributed by atoms with Crippen molar-refractivity contribution in [1.29, 1.82) is 5.26 Å². The molecule has 92 valence electrons. The van der Waals surface area contributed by atoms with Crippen molar-refractivity contribution < 1.29 is 5.11 Å². The SMILES string of the molecule is CN(CCCCCO)c1cc(Br)cc(C#N)c1. The third kappa shape index (κ3) is 4.76. The van der Waals surface area contributed by atoms with Gasteiger partial charge in [-0.25, -0.2) is 0 Å². The maximum atomic E-state index is 8.90. The first-order valence-electron chi connectivity index (χ1n) is 5.70. The zero-order valence-electron chi connectivity index (χ0n) is 9.99. The Balaban J connectivity index is 2.59. The van der Waals surface area contributed by atoms with Crippen molar-refractivity contribution in [2.75, 3.05) is 25.1 Å². The fourth-order valence-electron chi connectivity index (χ4n) is 1.63. The van der Waals surface area contributed by atoms with Crippen molar-refractivity contribution in [3.05, 3.63) is 28.2 Å². The molecular formula is C13H17BrN2O. The molecule has 0 saturated carbocycles. The van der Waals surface area contributed by atoms with Crippen LogP contribution >= 0.6 is 15.9 Å². The van der Waals surface area contributed by atoms with Crippen LogP contribution in [0.2, 0.25) is 0 Å². The summed E-state index contributed by atoms with van der Waals surface area (Å²) >= 11 is 3.40. The molecule has 0 aromatic heterocycles. The summed E-state index contributed by atoms with van der Waals surface area (Å²) in [5.74, 6) is 0. The van der Waals surface area contributed by atoms with Gasteiger partial charge in [0.1, 0.15) is 0 Å². The van der Waals surface area contributed by atoms with Crippen molar-refractivity contribution in [2.24, 2.45) is 0 Å². The monoisotopic (exact) mass is 296 g/mol. The molecule has 4 heteroatoms. The first kappa shape index (κ1) is 14.0. The van der Waals surface area contributed by atoms with Crippen LogP contribution in [0.1, 0.15) is 24.8 Å². The maximum absolute atomic E-state index is 8.90. The largest absolute Gasteiger partial charge is 0.396 e. The van der Waals surface area contributed by atoms with Gasteiger partial charge in [0.15, 0.2) is 0 Å². The molecule has 0 atom stereocenters. The molecule has 0 aliphatic heterocycles. The highest BCUT2D eigenvalue weighted by molar-refractivity contribution is 9.10. The predicted octanol–water partition coefficient (Wildman–Crippen LogP) is 2.92. The van der Waals surface area contributed by atoms with Crippen LogP contribution in [0.25, 0.3) is 0 Å². The Kier molecular flexibility index (Phi) is 6.03. The summed E-state index contributed by atoms with van der Waals surface area (Å²) in [6, 6.07) is 7.85. The zero-order valence-corrected chi connectivity index (χ0v) is 11.6. The molecule has 3 nitrogen and oxygen atoms in total. The number of hydrogen-bond acceptors (Lipinski definition) is 3. The number of aliphatic hydroxyl groups is 1. The zero-order chi connectivity index (χ0) is 12.7. The van der Waals surface area contributed by atoms with Crippen molar-refractivity contribution in [2.45, 2.75) is 19.3 Å². The van der Waals surface area contributed by atoms with Gasteiger partial charge in [-0.3, -0.25) is 0 Å². The van der Waals surface area contributed by atoms with E-state index in [9.17, 15) is 0 Å². The highest BCUT2D eigenvalue weighted by Gasteiger charge is 2.04. The van der Waals surface area contributed by atoms with E-state index in [4.69, 9.17) is 10.4 Å². The lowest BCUT2D eigenvalue weighted by Gasteiger charge is -2.19. The Morgan fingerprint density at radius 3 is 2.71 bits per heavy atom. The maximum Gasteiger partial charge on any atom is 0.0992 e. The first-order valence-corrected chi connectivity index (χ1v) is 6.49. The molecule has 0 aliphatic carbocycles. The number of rotatable bonds is 6.